The van der Waals surface area contributed by atoms with Gasteiger partial charge in [0.05, 0.1) is 15.4 Å². The van der Waals surface area contributed by atoms with Crippen LogP contribution in [-0.2, 0) is 0 Å². The number of anilines is 1. The van der Waals surface area contributed by atoms with Crippen molar-refractivity contribution in [3.63, 3.8) is 0 Å². The van der Waals surface area contributed by atoms with E-state index in [4.69, 9.17) is 10.5 Å². The van der Waals surface area contributed by atoms with Crippen molar-refractivity contribution in [2.45, 2.75) is 31.9 Å². The molecular weight excluding hydrogens is 364 g/mol. The molecule has 0 spiro atoms. The summed E-state index contributed by atoms with van der Waals surface area (Å²) in [6.07, 6.45) is 0.695. The zero-order valence-electron chi connectivity index (χ0n) is 12.4. The van der Waals surface area contributed by atoms with Gasteiger partial charge in [-0.05, 0) is 54.0 Å². The molecule has 3 N–H and O–H groups in total. The molecule has 3 rings (SSSR count). The van der Waals surface area contributed by atoms with Gasteiger partial charge in [-0.25, -0.2) is 0 Å². The first-order chi connectivity index (χ1) is 10.3. The number of carbonyl (C=O) groups is 1. The number of hydrogen-bond donors (Lipinski definition) is 2. The van der Waals surface area contributed by atoms with Crippen molar-refractivity contribution in [3.05, 3.63) is 44.6 Å². The van der Waals surface area contributed by atoms with Crippen molar-refractivity contribution in [2.75, 3.05) is 5.73 Å². The summed E-state index contributed by atoms with van der Waals surface area (Å²) in [5.41, 5.74) is 7.80. The smallest absolute Gasteiger partial charge is 0.252 e. The molecule has 0 radical (unpaired) electrons. The van der Waals surface area contributed by atoms with Gasteiger partial charge in [0.25, 0.3) is 5.91 Å². The highest BCUT2D eigenvalue weighted by molar-refractivity contribution is 9.11. The Morgan fingerprint density at radius 3 is 2.91 bits per heavy atom. The Morgan fingerprint density at radius 2 is 2.23 bits per heavy atom. The molecule has 1 atom stereocenters. The molecule has 22 heavy (non-hydrogen) atoms. The van der Waals surface area contributed by atoms with E-state index >= 15 is 0 Å². The molecule has 116 valence electrons. The number of benzene rings is 1. The van der Waals surface area contributed by atoms with E-state index in [1.165, 1.54) is 11.3 Å². The normalized spacial score (nSPS) is 19.1. The maximum atomic E-state index is 12.4. The molecule has 2 aromatic rings. The first-order valence-corrected chi connectivity index (χ1v) is 8.65. The summed E-state index contributed by atoms with van der Waals surface area (Å²) in [5, 5.41) is 4.94. The molecule has 0 saturated carbocycles. The number of carbonyl (C=O) groups excluding carboxylic acids is 1. The molecule has 0 saturated heterocycles. The lowest BCUT2D eigenvalue weighted by Crippen LogP contribution is -2.41. The minimum Gasteiger partial charge on any atom is -0.487 e. The minimum absolute atomic E-state index is 0.0852. The third-order valence-corrected chi connectivity index (χ3v) is 5.13. The molecule has 4 nitrogen and oxygen atoms in total. The Labute approximate surface area is 141 Å². The number of amides is 1. The van der Waals surface area contributed by atoms with Gasteiger partial charge in [0, 0.05) is 23.1 Å². The first-order valence-electron chi connectivity index (χ1n) is 6.97. The molecule has 1 aliphatic rings. The average molecular weight is 381 g/mol. The summed E-state index contributed by atoms with van der Waals surface area (Å²) < 4.78 is 6.92. The fourth-order valence-corrected chi connectivity index (χ4v) is 3.81. The summed E-state index contributed by atoms with van der Waals surface area (Å²) in [4.78, 5) is 12.4. The number of ether oxygens (including phenoxy) is 1. The number of nitrogens with one attached hydrogen (secondary N) is 1. The topological polar surface area (TPSA) is 64.4 Å². The Bertz CT molecular complexity index is 727. The number of rotatable bonds is 2. The number of thiophene rings is 1. The number of halogens is 1. The Balaban J connectivity index is 1.90. The predicted octanol–water partition coefficient (Wildman–Crippen LogP) is 4.13. The maximum Gasteiger partial charge on any atom is 0.252 e. The molecule has 1 aliphatic heterocycles. The molecule has 1 amide bonds. The second-order valence-corrected chi connectivity index (χ2v) is 8.32. The number of hydrogen-bond acceptors (Lipinski definition) is 4. The fourth-order valence-electron chi connectivity index (χ4n) is 2.67. The molecule has 0 aliphatic carbocycles. The van der Waals surface area contributed by atoms with Gasteiger partial charge in [-0.15, -0.1) is 11.3 Å². The third kappa shape index (κ3) is 3.13. The van der Waals surface area contributed by atoms with Crippen LogP contribution >= 0.6 is 27.3 Å². The molecule has 0 fully saturated rings. The van der Waals surface area contributed by atoms with Gasteiger partial charge >= 0.3 is 0 Å². The van der Waals surface area contributed by atoms with Crippen LogP contribution < -0.4 is 15.8 Å². The van der Waals surface area contributed by atoms with Crippen LogP contribution in [0.15, 0.2) is 33.4 Å². The van der Waals surface area contributed by atoms with Crippen LogP contribution in [0.5, 0.6) is 5.75 Å². The standard InChI is InChI=1S/C16H17BrN2O2S/c1-16(2)7-12(11-6-10(18)3-4-13(11)21-16)19-15(20)9-5-14(17)22-8-9/h3-6,8,12H,7,18H2,1-2H3,(H,19,20). The molecule has 6 heteroatoms. The van der Waals surface area contributed by atoms with Crippen molar-refractivity contribution in [3.8, 4) is 5.75 Å². The van der Waals surface area contributed by atoms with Gasteiger partial charge in [-0.1, -0.05) is 0 Å². The molecular formula is C16H17BrN2O2S. The van der Waals surface area contributed by atoms with Gasteiger partial charge in [-0.3, -0.25) is 4.79 Å². The Hall–Kier alpha value is -1.53. The maximum absolute atomic E-state index is 12.4. The zero-order valence-corrected chi connectivity index (χ0v) is 14.8. The highest BCUT2D eigenvalue weighted by atomic mass is 79.9. The molecule has 1 aromatic heterocycles. The van der Waals surface area contributed by atoms with Crippen LogP contribution in [0.4, 0.5) is 5.69 Å². The van der Waals surface area contributed by atoms with Crippen LogP contribution in [-0.4, -0.2) is 11.5 Å². The monoisotopic (exact) mass is 380 g/mol. The minimum atomic E-state index is -0.337. The van der Waals surface area contributed by atoms with Crippen LogP contribution in [0, 0.1) is 0 Å². The van der Waals surface area contributed by atoms with E-state index in [-0.39, 0.29) is 17.6 Å². The molecule has 0 bridgehead atoms. The second-order valence-electron chi connectivity index (χ2n) is 6.03. The van der Waals surface area contributed by atoms with E-state index in [0.717, 1.165) is 15.1 Å². The van der Waals surface area contributed by atoms with Gasteiger partial charge in [0.2, 0.25) is 0 Å². The van der Waals surface area contributed by atoms with Crippen molar-refractivity contribution in [1.82, 2.24) is 5.32 Å². The number of nitrogens with two attached hydrogens (primary N) is 1. The van der Waals surface area contributed by atoms with Crippen LogP contribution in [0.3, 0.4) is 0 Å². The van der Waals surface area contributed by atoms with Crippen LogP contribution in [0.25, 0.3) is 0 Å². The Kier molecular flexibility index (Phi) is 3.91. The molecule has 1 unspecified atom stereocenters. The predicted molar refractivity (Wildman–Crippen MR) is 92.4 cm³/mol. The van der Waals surface area contributed by atoms with E-state index in [1.807, 2.05) is 43.5 Å². The SMILES string of the molecule is CC1(C)CC(NC(=O)c2csc(Br)c2)c2cc(N)ccc2O1. The van der Waals surface area contributed by atoms with Crippen molar-refractivity contribution in [1.29, 1.82) is 0 Å². The lowest BCUT2D eigenvalue weighted by atomic mass is 9.89. The van der Waals surface area contributed by atoms with Crippen LogP contribution in [0.2, 0.25) is 0 Å². The lowest BCUT2D eigenvalue weighted by molar-refractivity contribution is 0.0620. The lowest BCUT2D eigenvalue weighted by Gasteiger charge is -2.38. The average Bonchev–Trinajstić information content (AvgIpc) is 2.85. The van der Waals surface area contributed by atoms with Crippen LogP contribution in [0.1, 0.15) is 42.2 Å². The van der Waals surface area contributed by atoms with E-state index < -0.39 is 0 Å². The summed E-state index contributed by atoms with van der Waals surface area (Å²) in [6.45, 7) is 4.04. The quantitative estimate of drug-likeness (QED) is 0.769. The summed E-state index contributed by atoms with van der Waals surface area (Å²) in [7, 11) is 0. The van der Waals surface area contributed by atoms with Crippen molar-refractivity contribution in [2.24, 2.45) is 0 Å². The Morgan fingerprint density at radius 1 is 1.45 bits per heavy atom. The highest BCUT2D eigenvalue weighted by Gasteiger charge is 2.34. The van der Waals surface area contributed by atoms with Crippen molar-refractivity contribution >= 4 is 38.9 Å². The van der Waals surface area contributed by atoms with Gasteiger partial charge in [0.1, 0.15) is 11.4 Å². The number of nitrogen functional groups attached to an aromatic ring is 1. The van der Waals surface area contributed by atoms with E-state index in [9.17, 15) is 4.79 Å². The zero-order chi connectivity index (χ0) is 15.9. The van der Waals surface area contributed by atoms with E-state index in [0.29, 0.717) is 17.7 Å². The highest BCUT2D eigenvalue weighted by Crippen LogP contribution is 2.40. The second kappa shape index (κ2) is 5.59. The van der Waals surface area contributed by atoms with Crippen molar-refractivity contribution < 1.29 is 9.53 Å². The van der Waals surface area contributed by atoms with Gasteiger partial charge in [-0.2, -0.15) is 0 Å². The van der Waals surface area contributed by atoms with E-state index in [2.05, 4.69) is 21.2 Å². The third-order valence-electron chi connectivity index (χ3n) is 3.63. The summed E-state index contributed by atoms with van der Waals surface area (Å²) in [5.74, 6) is 0.695. The molecule has 2 heterocycles. The summed E-state index contributed by atoms with van der Waals surface area (Å²) >= 11 is 4.87. The van der Waals surface area contributed by atoms with Gasteiger partial charge in [0.15, 0.2) is 0 Å². The summed E-state index contributed by atoms with van der Waals surface area (Å²) in [6, 6.07) is 7.26. The van der Waals surface area contributed by atoms with Gasteiger partial charge < -0.3 is 15.8 Å². The largest absolute Gasteiger partial charge is 0.487 e. The first kappa shape index (κ1) is 15.4. The molecule has 1 aromatic carbocycles. The number of fused-ring (bicyclic) bond motifs is 1. The fraction of sp³-hybridized carbons (Fsp3) is 0.312. The van der Waals surface area contributed by atoms with E-state index in [1.54, 1.807) is 0 Å².